The fourth-order valence-electron chi connectivity index (χ4n) is 1.94. The lowest BCUT2D eigenvalue weighted by molar-refractivity contribution is -0.138. The van der Waals surface area contributed by atoms with E-state index in [0.29, 0.717) is 5.56 Å². The Morgan fingerprint density at radius 3 is 2.42 bits per heavy atom. The predicted octanol–water partition coefficient (Wildman–Crippen LogP) is 2.94. The smallest absolute Gasteiger partial charge is 0.311 e. The Kier molecular flexibility index (Phi) is 3.80. The standard InChI is InChI=1S/C15H13FO3/c16-12-3-1-2-11(9-12)14(15(18)19)8-10-4-6-13(17)7-5-10/h1-7,9,14,17H,8H2,(H,18,19). The average Bonchev–Trinajstić information content (AvgIpc) is 2.37. The number of phenolic OH excluding ortho intramolecular Hbond substituents is 1. The minimum Gasteiger partial charge on any atom is -0.508 e. The van der Waals surface area contributed by atoms with Crippen LogP contribution in [-0.4, -0.2) is 16.2 Å². The Bertz CT molecular complexity index is 578. The molecule has 0 heterocycles. The molecule has 0 aromatic heterocycles. The summed E-state index contributed by atoms with van der Waals surface area (Å²) in [6.07, 6.45) is 0.249. The van der Waals surface area contributed by atoms with Gasteiger partial charge in [-0.25, -0.2) is 4.39 Å². The van der Waals surface area contributed by atoms with Crippen LogP contribution in [0.2, 0.25) is 0 Å². The first-order valence-electron chi connectivity index (χ1n) is 5.82. The van der Waals surface area contributed by atoms with Crippen LogP contribution >= 0.6 is 0 Å². The molecule has 0 aliphatic carbocycles. The van der Waals surface area contributed by atoms with Gasteiger partial charge in [0.2, 0.25) is 0 Å². The summed E-state index contributed by atoms with van der Waals surface area (Å²) in [7, 11) is 0. The molecule has 0 fully saturated rings. The van der Waals surface area contributed by atoms with Gasteiger partial charge in [0.1, 0.15) is 11.6 Å². The third-order valence-corrected chi connectivity index (χ3v) is 2.93. The highest BCUT2D eigenvalue weighted by atomic mass is 19.1. The van der Waals surface area contributed by atoms with Gasteiger partial charge in [0.15, 0.2) is 0 Å². The number of carboxylic acid groups (broad SMARTS) is 1. The molecule has 0 saturated carbocycles. The van der Waals surface area contributed by atoms with E-state index in [-0.39, 0.29) is 12.2 Å². The normalized spacial score (nSPS) is 12.1. The van der Waals surface area contributed by atoms with Crippen molar-refractivity contribution in [3.05, 3.63) is 65.5 Å². The van der Waals surface area contributed by atoms with E-state index >= 15 is 0 Å². The van der Waals surface area contributed by atoms with Crippen LogP contribution in [-0.2, 0) is 11.2 Å². The maximum absolute atomic E-state index is 13.2. The zero-order valence-corrected chi connectivity index (χ0v) is 10.1. The minimum absolute atomic E-state index is 0.126. The highest BCUT2D eigenvalue weighted by molar-refractivity contribution is 5.76. The van der Waals surface area contributed by atoms with E-state index in [9.17, 15) is 19.4 Å². The lowest BCUT2D eigenvalue weighted by atomic mass is 9.92. The summed E-state index contributed by atoms with van der Waals surface area (Å²) in [5.74, 6) is -2.13. The van der Waals surface area contributed by atoms with E-state index in [1.54, 1.807) is 18.2 Å². The van der Waals surface area contributed by atoms with Crippen molar-refractivity contribution in [2.24, 2.45) is 0 Å². The van der Waals surface area contributed by atoms with E-state index in [1.165, 1.54) is 30.3 Å². The van der Waals surface area contributed by atoms with Gasteiger partial charge in [-0.05, 0) is 41.8 Å². The van der Waals surface area contributed by atoms with E-state index < -0.39 is 17.7 Å². The fourth-order valence-corrected chi connectivity index (χ4v) is 1.94. The van der Waals surface area contributed by atoms with Crippen LogP contribution in [0.4, 0.5) is 4.39 Å². The van der Waals surface area contributed by atoms with E-state index in [2.05, 4.69) is 0 Å². The number of benzene rings is 2. The quantitative estimate of drug-likeness (QED) is 0.888. The van der Waals surface area contributed by atoms with Crippen LogP contribution in [0, 0.1) is 5.82 Å². The van der Waals surface area contributed by atoms with Crippen LogP contribution < -0.4 is 0 Å². The number of hydrogen-bond donors (Lipinski definition) is 2. The molecule has 3 nitrogen and oxygen atoms in total. The molecule has 2 aromatic rings. The van der Waals surface area contributed by atoms with Crippen LogP contribution in [0.3, 0.4) is 0 Å². The summed E-state index contributed by atoms with van der Waals surface area (Å²) < 4.78 is 13.2. The molecular formula is C15H13FO3. The van der Waals surface area contributed by atoms with Crippen LogP contribution in [0.25, 0.3) is 0 Å². The largest absolute Gasteiger partial charge is 0.508 e. The Morgan fingerprint density at radius 2 is 1.84 bits per heavy atom. The number of carboxylic acids is 1. The van der Waals surface area contributed by atoms with Crippen molar-refractivity contribution in [2.75, 3.05) is 0 Å². The fraction of sp³-hybridized carbons (Fsp3) is 0.133. The van der Waals surface area contributed by atoms with Gasteiger partial charge in [-0.2, -0.15) is 0 Å². The summed E-state index contributed by atoms with van der Waals surface area (Å²) in [4.78, 5) is 11.3. The third-order valence-electron chi connectivity index (χ3n) is 2.93. The van der Waals surface area contributed by atoms with E-state index in [0.717, 1.165) is 5.56 Å². The van der Waals surface area contributed by atoms with Gasteiger partial charge >= 0.3 is 5.97 Å². The first kappa shape index (κ1) is 13.1. The molecule has 98 valence electrons. The zero-order valence-electron chi connectivity index (χ0n) is 10.1. The maximum Gasteiger partial charge on any atom is 0.311 e. The van der Waals surface area contributed by atoms with Crippen LogP contribution in [0.1, 0.15) is 17.0 Å². The number of halogens is 1. The summed E-state index contributed by atoms with van der Waals surface area (Å²) in [6.45, 7) is 0. The van der Waals surface area contributed by atoms with Gasteiger partial charge < -0.3 is 10.2 Å². The van der Waals surface area contributed by atoms with E-state index in [4.69, 9.17) is 0 Å². The second kappa shape index (κ2) is 5.52. The van der Waals surface area contributed by atoms with Crippen molar-refractivity contribution < 1.29 is 19.4 Å². The Labute approximate surface area is 109 Å². The molecule has 0 aliphatic rings. The first-order valence-corrected chi connectivity index (χ1v) is 5.82. The molecule has 0 amide bonds. The van der Waals surface area contributed by atoms with Gasteiger partial charge in [0.05, 0.1) is 5.92 Å². The summed E-state index contributed by atoms with van der Waals surface area (Å²) in [6, 6.07) is 11.9. The van der Waals surface area contributed by atoms with Gasteiger partial charge in [0, 0.05) is 0 Å². The molecule has 0 radical (unpaired) electrons. The highest BCUT2D eigenvalue weighted by Crippen LogP contribution is 2.23. The number of aliphatic carboxylic acids is 1. The number of aromatic hydroxyl groups is 1. The van der Waals surface area contributed by atoms with Crippen molar-refractivity contribution in [1.29, 1.82) is 0 Å². The Hall–Kier alpha value is -2.36. The molecule has 0 bridgehead atoms. The van der Waals surface area contributed by atoms with Crippen molar-refractivity contribution >= 4 is 5.97 Å². The number of carbonyl (C=O) groups is 1. The van der Waals surface area contributed by atoms with Gasteiger partial charge in [-0.1, -0.05) is 24.3 Å². The lowest BCUT2D eigenvalue weighted by Gasteiger charge is -2.13. The minimum atomic E-state index is -1.00. The Balaban J connectivity index is 2.26. The molecule has 2 rings (SSSR count). The summed E-state index contributed by atoms with van der Waals surface area (Å²) >= 11 is 0. The molecule has 0 aliphatic heterocycles. The molecule has 19 heavy (non-hydrogen) atoms. The van der Waals surface area contributed by atoms with Crippen molar-refractivity contribution in [3.63, 3.8) is 0 Å². The van der Waals surface area contributed by atoms with Gasteiger partial charge in [-0.15, -0.1) is 0 Å². The van der Waals surface area contributed by atoms with Crippen molar-refractivity contribution in [1.82, 2.24) is 0 Å². The Morgan fingerprint density at radius 1 is 1.16 bits per heavy atom. The molecule has 2 N–H and O–H groups in total. The second-order valence-corrected chi connectivity index (χ2v) is 4.32. The average molecular weight is 260 g/mol. The first-order chi connectivity index (χ1) is 9.06. The molecule has 1 unspecified atom stereocenters. The van der Waals surface area contributed by atoms with E-state index in [1.807, 2.05) is 0 Å². The number of hydrogen-bond acceptors (Lipinski definition) is 2. The van der Waals surface area contributed by atoms with Gasteiger partial charge in [-0.3, -0.25) is 4.79 Å². The predicted molar refractivity (Wildman–Crippen MR) is 68.6 cm³/mol. The monoisotopic (exact) mass is 260 g/mol. The topological polar surface area (TPSA) is 57.5 Å². The number of rotatable bonds is 4. The second-order valence-electron chi connectivity index (χ2n) is 4.32. The lowest BCUT2D eigenvalue weighted by Crippen LogP contribution is -2.14. The molecule has 0 saturated heterocycles. The number of phenols is 1. The van der Waals surface area contributed by atoms with Crippen molar-refractivity contribution in [3.8, 4) is 5.75 Å². The van der Waals surface area contributed by atoms with Crippen molar-refractivity contribution in [2.45, 2.75) is 12.3 Å². The summed E-state index contributed by atoms with van der Waals surface area (Å²) in [5, 5.41) is 18.4. The molecule has 0 spiro atoms. The molecular weight excluding hydrogens is 247 g/mol. The van der Waals surface area contributed by atoms with Crippen LogP contribution in [0.15, 0.2) is 48.5 Å². The molecule has 2 aromatic carbocycles. The maximum atomic E-state index is 13.2. The molecule has 1 atom stereocenters. The van der Waals surface area contributed by atoms with Crippen LogP contribution in [0.5, 0.6) is 5.75 Å². The van der Waals surface area contributed by atoms with Gasteiger partial charge in [0.25, 0.3) is 0 Å². The SMILES string of the molecule is O=C(O)C(Cc1ccc(O)cc1)c1cccc(F)c1. The highest BCUT2D eigenvalue weighted by Gasteiger charge is 2.20. The third kappa shape index (κ3) is 3.31. The summed E-state index contributed by atoms with van der Waals surface area (Å²) in [5.41, 5.74) is 1.20. The molecule has 4 heteroatoms. The zero-order chi connectivity index (χ0) is 13.8.